The molecule has 3 amide bonds. The van der Waals surface area contributed by atoms with Crippen molar-refractivity contribution in [3.63, 3.8) is 0 Å². The Morgan fingerprint density at radius 2 is 1.79 bits per heavy atom. The summed E-state index contributed by atoms with van der Waals surface area (Å²) in [7, 11) is 0. The Labute approximate surface area is 141 Å². The number of carbonyl (C=O) groups is 3. The molecule has 1 spiro atoms. The van der Waals surface area contributed by atoms with Crippen molar-refractivity contribution in [3.05, 3.63) is 12.7 Å². The van der Waals surface area contributed by atoms with Crippen LogP contribution >= 0.6 is 0 Å². The van der Waals surface area contributed by atoms with Gasteiger partial charge in [0, 0.05) is 31.6 Å². The number of hydrogen-bond acceptors (Lipinski definition) is 5. The molecule has 0 bridgehead atoms. The number of amides is 3. The van der Waals surface area contributed by atoms with E-state index in [1.54, 1.807) is 20.8 Å². The van der Waals surface area contributed by atoms with Crippen molar-refractivity contribution in [2.24, 2.45) is 17.1 Å². The summed E-state index contributed by atoms with van der Waals surface area (Å²) in [4.78, 5) is 38.9. The van der Waals surface area contributed by atoms with Crippen LogP contribution in [0.2, 0.25) is 0 Å². The van der Waals surface area contributed by atoms with Crippen molar-refractivity contribution >= 4 is 18.1 Å². The fourth-order valence-corrected chi connectivity index (χ4v) is 3.21. The highest BCUT2D eigenvalue weighted by Crippen LogP contribution is 2.44. The summed E-state index contributed by atoms with van der Waals surface area (Å²) in [5.41, 5.74) is 4.40. The van der Waals surface area contributed by atoms with E-state index in [2.05, 4.69) is 6.58 Å². The van der Waals surface area contributed by atoms with Crippen LogP contribution in [0.4, 0.5) is 9.59 Å². The molecule has 1 atom stereocenters. The summed E-state index contributed by atoms with van der Waals surface area (Å²) < 4.78 is 10.3. The van der Waals surface area contributed by atoms with E-state index >= 15 is 0 Å². The number of primary amides is 1. The molecule has 0 aromatic rings. The van der Waals surface area contributed by atoms with Crippen molar-refractivity contribution in [3.8, 4) is 0 Å². The second-order valence-corrected chi connectivity index (χ2v) is 7.40. The van der Waals surface area contributed by atoms with Gasteiger partial charge in [-0.1, -0.05) is 12.7 Å². The minimum absolute atomic E-state index is 0.105. The van der Waals surface area contributed by atoms with Crippen molar-refractivity contribution < 1.29 is 23.9 Å². The quantitative estimate of drug-likeness (QED) is 0.772. The molecule has 2 fully saturated rings. The summed E-state index contributed by atoms with van der Waals surface area (Å²) in [6, 6.07) is 0. The SMILES string of the molecule is C=CCOC(=O)N1CC(C(N)=O)C2(C1)CN(C(=O)OC(C)(C)C)C2. The zero-order valence-corrected chi connectivity index (χ0v) is 14.4. The third-order valence-electron chi connectivity index (χ3n) is 4.24. The van der Waals surface area contributed by atoms with E-state index in [4.69, 9.17) is 15.2 Å². The summed E-state index contributed by atoms with van der Waals surface area (Å²) in [6.07, 6.45) is 0.542. The Morgan fingerprint density at radius 1 is 1.21 bits per heavy atom. The maximum atomic E-state index is 12.1. The lowest BCUT2D eigenvalue weighted by Gasteiger charge is -2.49. The van der Waals surface area contributed by atoms with E-state index in [-0.39, 0.29) is 13.2 Å². The fourth-order valence-electron chi connectivity index (χ4n) is 3.21. The first kappa shape index (κ1) is 18.1. The molecule has 134 valence electrons. The molecule has 8 nitrogen and oxygen atoms in total. The molecule has 0 saturated carbocycles. The summed E-state index contributed by atoms with van der Waals surface area (Å²) in [6.45, 7) is 10.2. The van der Waals surface area contributed by atoms with Gasteiger partial charge in [-0.25, -0.2) is 9.59 Å². The molecular weight excluding hydrogens is 314 g/mol. The van der Waals surface area contributed by atoms with Crippen LogP contribution in [-0.2, 0) is 14.3 Å². The van der Waals surface area contributed by atoms with Crippen LogP contribution in [0.3, 0.4) is 0 Å². The van der Waals surface area contributed by atoms with Crippen molar-refractivity contribution in [1.29, 1.82) is 0 Å². The first-order valence-electron chi connectivity index (χ1n) is 7.88. The molecule has 2 aliphatic rings. The molecule has 2 heterocycles. The lowest BCUT2D eigenvalue weighted by atomic mass is 9.71. The maximum absolute atomic E-state index is 12.1. The van der Waals surface area contributed by atoms with Crippen LogP contribution in [-0.4, -0.2) is 66.3 Å². The summed E-state index contributed by atoms with van der Waals surface area (Å²) in [5, 5.41) is 0. The molecular formula is C16H25N3O5. The van der Waals surface area contributed by atoms with Gasteiger partial charge in [-0.3, -0.25) is 4.79 Å². The predicted octanol–water partition coefficient (Wildman–Crippen LogP) is 0.963. The highest BCUT2D eigenvalue weighted by molar-refractivity contribution is 5.81. The molecule has 0 aromatic heterocycles. The zero-order valence-electron chi connectivity index (χ0n) is 14.4. The highest BCUT2D eigenvalue weighted by atomic mass is 16.6. The third kappa shape index (κ3) is 3.63. The second-order valence-electron chi connectivity index (χ2n) is 7.40. The van der Waals surface area contributed by atoms with Crippen LogP contribution < -0.4 is 5.73 Å². The molecule has 2 aliphatic heterocycles. The number of nitrogens with zero attached hydrogens (tertiary/aromatic N) is 2. The normalized spacial score (nSPS) is 22.0. The molecule has 0 radical (unpaired) electrons. The Bertz CT molecular complexity index is 548. The fraction of sp³-hybridized carbons (Fsp3) is 0.688. The van der Waals surface area contributed by atoms with Gasteiger partial charge in [0.1, 0.15) is 12.2 Å². The van der Waals surface area contributed by atoms with Gasteiger partial charge >= 0.3 is 12.2 Å². The van der Waals surface area contributed by atoms with Gasteiger partial charge in [-0.15, -0.1) is 0 Å². The van der Waals surface area contributed by atoms with E-state index in [0.29, 0.717) is 19.6 Å². The number of likely N-dealkylation sites (tertiary alicyclic amines) is 2. The van der Waals surface area contributed by atoms with E-state index in [9.17, 15) is 14.4 Å². The Hall–Kier alpha value is -2.25. The van der Waals surface area contributed by atoms with Crippen LogP contribution in [0.15, 0.2) is 12.7 Å². The highest BCUT2D eigenvalue weighted by Gasteiger charge is 2.59. The second kappa shape index (κ2) is 6.33. The molecule has 0 aliphatic carbocycles. The minimum Gasteiger partial charge on any atom is -0.445 e. The smallest absolute Gasteiger partial charge is 0.410 e. The molecule has 0 aromatic carbocycles. The average Bonchev–Trinajstić information content (AvgIpc) is 2.82. The van der Waals surface area contributed by atoms with Gasteiger partial charge < -0.3 is 25.0 Å². The van der Waals surface area contributed by atoms with Crippen LogP contribution in [0.1, 0.15) is 20.8 Å². The van der Waals surface area contributed by atoms with Gasteiger partial charge in [0.25, 0.3) is 0 Å². The van der Waals surface area contributed by atoms with Gasteiger partial charge in [-0.05, 0) is 20.8 Å². The Balaban J connectivity index is 2.01. The van der Waals surface area contributed by atoms with Crippen molar-refractivity contribution in [2.45, 2.75) is 26.4 Å². The van der Waals surface area contributed by atoms with Crippen LogP contribution in [0.5, 0.6) is 0 Å². The predicted molar refractivity (Wildman–Crippen MR) is 86.0 cm³/mol. The van der Waals surface area contributed by atoms with Crippen LogP contribution in [0, 0.1) is 11.3 Å². The summed E-state index contributed by atoms with van der Waals surface area (Å²) >= 11 is 0. The number of carbonyl (C=O) groups excluding carboxylic acids is 3. The molecule has 1 unspecified atom stereocenters. The number of hydrogen-bond donors (Lipinski definition) is 1. The molecule has 2 saturated heterocycles. The number of ether oxygens (including phenoxy) is 2. The lowest BCUT2D eigenvalue weighted by Crippen LogP contribution is -2.64. The first-order valence-corrected chi connectivity index (χ1v) is 7.88. The van der Waals surface area contributed by atoms with Crippen molar-refractivity contribution in [1.82, 2.24) is 9.80 Å². The van der Waals surface area contributed by atoms with E-state index < -0.39 is 35.0 Å². The average molecular weight is 339 g/mol. The monoisotopic (exact) mass is 339 g/mol. The Kier molecular flexibility index (Phi) is 4.77. The standard InChI is InChI=1S/C16H25N3O5/c1-5-6-23-13(21)18-7-11(12(17)20)16(8-18)9-19(10-16)14(22)24-15(2,3)4/h5,11H,1,6-10H2,2-4H3,(H2,17,20). The third-order valence-corrected chi connectivity index (χ3v) is 4.24. The number of rotatable bonds is 3. The largest absolute Gasteiger partial charge is 0.445 e. The Morgan fingerprint density at radius 3 is 2.29 bits per heavy atom. The lowest BCUT2D eigenvalue weighted by molar-refractivity contribution is -0.129. The van der Waals surface area contributed by atoms with E-state index in [1.807, 2.05) is 0 Å². The zero-order chi connectivity index (χ0) is 18.1. The van der Waals surface area contributed by atoms with Gasteiger partial charge in [-0.2, -0.15) is 0 Å². The van der Waals surface area contributed by atoms with E-state index in [0.717, 1.165) is 0 Å². The number of nitrogens with two attached hydrogens (primary N) is 1. The van der Waals surface area contributed by atoms with Gasteiger partial charge in [0.05, 0.1) is 5.92 Å². The molecule has 2 rings (SSSR count). The molecule has 2 N–H and O–H groups in total. The van der Waals surface area contributed by atoms with Crippen molar-refractivity contribution in [2.75, 3.05) is 32.8 Å². The maximum Gasteiger partial charge on any atom is 0.410 e. The van der Waals surface area contributed by atoms with Gasteiger partial charge in [0.15, 0.2) is 0 Å². The summed E-state index contributed by atoms with van der Waals surface area (Å²) in [5.74, 6) is -0.981. The molecule has 8 heteroatoms. The topological polar surface area (TPSA) is 102 Å². The van der Waals surface area contributed by atoms with Crippen LogP contribution in [0.25, 0.3) is 0 Å². The molecule has 24 heavy (non-hydrogen) atoms. The minimum atomic E-state index is -0.584. The first-order chi connectivity index (χ1) is 11.1. The van der Waals surface area contributed by atoms with Gasteiger partial charge in [0.2, 0.25) is 5.91 Å². The van der Waals surface area contributed by atoms with E-state index in [1.165, 1.54) is 15.9 Å².